The Labute approximate surface area is 157 Å². The highest BCUT2D eigenvalue weighted by atomic mass is 16.5. The van der Waals surface area contributed by atoms with Crippen molar-refractivity contribution in [1.82, 2.24) is 10.2 Å². The molecule has 0 radical (unpaired) electrons. The zero-order valence-corrected chi connectivity index (χ0v) is 16.2. The van der Waals surface area contributed by atoms with Crippen LogP contribution in [0.2, 0.25) is 0 Å². The molecule has 0 aromatic heterocycles. The lowest BCUT2D eigenvalue weighted by molar-refractivity contribution is -0.126. The molecular weight excluding hydrogens is 324 g/mol. The summed E-state index contributed by atoms with van der Waals surface area (Å²) in [5.74, 6) is 0.922. The molecule has 0 saturated carbocycles. The van der Waals surface area contributed by atoms with Gasteiger partial charge in [0.2, 0.25) is 5.91 Å². The second-order valence-electron chi connectivity index (χ2n) is 6.68. The van der Waals surface area contributed by atoms with Crippen LogP contribution in [0.5, 0.6) is 5.75 Å². The third-order valence-electron chi connectivity index (χ3n) is 4.72. The molecule has 2 rings (SSSR count). The molecule has 0 bridgehead atoms. The maximum Gasteiger partial charge on any atom is 0.242 e. The summed E-state index contributed by atoms with van der Waals surface area (Å²) in [6.07, 6.45) is 1.82. The second-order valence-corrected chi connectivity index (χ2v) is 6.68. The average Bonchev–Trinajstić information content (AvgIpc) is 2.67. The maximum absolute atomic E-state index is 12.9. The molecule has 1 amide bonds. The number of hydrogen-bond donors (Lipinski definition) is 1. The van der Waals surface area contributed by atoms with Crippen molar-refractivity contribution in [2.45, 2.75) is 38.8 Å². The monoisotopic (exact) mass is 354 g/mol. The minimum atomic E-state index is -0.260. The van der Waals surface area contributed by atoms with Gasteiger partial charge in [0.1, 0.15) is 11.8 Å². The molecule has 2 unspecified atom stereocenters. The van der Waals surface area contributed by atoms with Gasteiger partial charge in [0, 0.05) is 6.04 Å². The molecule has 26 heavy (non-hydrogen) atoms. The number of amides is 1. The molecular formula is C22H30N2O2. The third kappa shape index (κ3) is 5.60. The van der Waals surface area contributed by atoms with E-state index in [1.165, 1.54) is 5.56 Å². The van der Waals surface area contributed by atoms with Gasteiger partial charge in [-0.1, -0.05) is 49.4 Å². The van der Waals surface area contributed by atoms with Crippen LogP contribution in [0.4, 0.5) is 0 Å². The van der Waals surface area contributed by atoms with Crippen molar-refractivity contribution in [2.24, 2.45) is 0 Å². The van der Waals surface area contributed by atoms with Crippen LogP contribution < -0.4 is 10.1 Å². The SMILES string of the molecule is CCN(C)C(C(=O)NC(C)CCc1ccc(OC)cc1)c1ccccc1. The van der Waals surface area contributed by atoms with Crippen molar-refractivity contribution in [3.63, 3.8) is 0 Å². The number of ether oxygens (including phenoxy) is 1. The van der Waals surface area contributed by atoms with Crippen LogP contribution in [0, 0.1) is 0 Å². The fraction of sp³-hybridized carbons (Fsp3) is 0.409. The summed E-state index contributed by atoms with van der Waals surface area (Å²) in [5.41, 5.74) is 2.27. The number of nitrogens with zero attached hydrogens (tertiary/aromatic N) is 1. The van der Waals surface area contributed by atoms with Crippen LogP contribution in [-0.2, 0) is 11.2 Å². The van der Waals surface area contributed by atoms with Crippen molar-refractivity contribution in [3.05, 3.63) is 65.7 Å². The summed E-state index contributed by atoms with van der Waals surface area (Å²) < 4.78 is 5.19. The van der Waals surface area contributed by atoms with Crippen molar-refractivity contribution >= 4 is 5.91 Å². The Kier molecular flexibility index (Phi) is 7.67. The van der Waals surface area contributed by atoms with Crippen molar-refractivity contribution in [2.75, 3.05) is 20.7 Å². The Morgan fingerprint density at radius 1 is 1.12 bits per heavy atom. The number of carbonyl (C=O) groups excluding carboxylic acids is 1. The molecule has 0 saturated heterocycles. The summed E-state index contributed by atoms with van der Waals surface area (Å²) >= 11 is 0. The van der Waals surface area contributed by atoms with E-state index in [-0.39, 0.29) is 18.0 Å². The molecule has 2 aromatic carbocycles. The van der Waals surface area contributed by atoms with Gasteiger partial charge in [0.15, 0.2) is 0 Å². The lowest BCUT2D eigenvalue weighted by atomic mass is 10.0. The Balaban J connectivity index is 1.94. The number of rotatable bonds is 9. The number of likely N-dealkylation sites (N-methyl/N-ethyl adjacent to an activating group) is 1. The van der Waals surface area contributed by atoms with E-state index >= 15 is 0 Å². The average molecular weight is 354 g/mol. The number of benzene rings is 2. The highest BCUT2D eigenvalue weighted by Crippen LogP contribution is 2.20. The quantitative estimate of drug-likeness (QED) is 0.744. The van der Waals surface area contributed by atoms with E-state index in [9.17, 15) is 4.79 Å². The van der Waals surface area contributed by atoms with Gasteiger partial charge in [-0.25, -0.2) is 0 Å². The van der Waals surface area contributed by atoms with E-state index < -0.39 is 0 Å². The van der Waals surface area contributed by atoms with Gasteiger partial charge in [0.25, 0.3) is 0 Å². The molecule has 2 aromatic rings. The number of carbonyl (C=O) groups is 1. The zero-order valence-electron chi connectivity index (χ0n) is 16.2. The number of methoxy groups -OCH3 is 1. The fourth-order valence-electron chi connectivity index (χ4n) is 2.99. The van der Waals surface area contributed by atoms with Crippen molar-refractivity contribution in [1.29, 1.82) is 0 Å². The van der Waals surface area contributed by atoms with Gasteiger partial charge in [-0.15, -0.1) is 0 Å². The van der Waals surface area contributed by atoms with Gasteiger partial charge < -0.3 is 10.1 Å². The summed E-state index contributed by atoms with van der Waals surface area (Å²) in [6.45, 7) is 4.94. The van der Waals surface area contributed by atoms with Crippen LogP contribution in [-0.4, -0.2) is 37.6 Å². The van der Waals surface area contributed by atoms with Crippen LogP contribution in [0.1, 0.15) is 37.4 Å². The van der Waals surface area contributed by atoms with Crippen molar-refractivity contribution < 1.29 is 9.53 Å². The number of nitrogens with one attached hydrogen (secondary N) is 1. The summed E-state index contributed by atoms with van der Waals surface area (Å²) in [5, 5.41) is 3.18. The van der Waals surface area contributed by atoms with Crippen LogP contribution in [0.15, 0.2) is 54.6 Å². The Morgan fingerprint density at radius 3 is 2.35 bits per heavy atom. The smallest absolute Gasteiger partial charge is 0.242 e. The fourth-order valence-corrected chi connectivity index (χ4v) is 2.99. The summed E-state index contributed by atoms with van der Waals surface area (Å²) in [4.78, 5) is 15.0. The molecule has 0 fully saturated rings. The minimum Gasteiger partial charge on any atom is -0.497 e. The Morgan fingerprint density at radius 2 is 1.77 bits per heavy atom. The van der Waals surface area contributed by atoms with E-state index in [1.807, 2.05) is 49.5 Å². The van der Waals surface area contributed by atoms with E-state index in [0.29, 0.717) is 0 Å². The molecule has 140 valence electrons. The van der Waals surface area contributed by atoms with Gasteiger partial charge in [-0.2, -0.15) is 0 Å². The minimum absolute atomic E-state index is 0.0581. The molecule has 0 aliphatic carbocycles. The maximum atomic E-state index is 12.9. The largest absolute Gasteiger partial charge is 0.497 e. The standard InChI is InChI=1S/C22H30N2O2/c1-5-24(3)21(19-9-7-6-8-10-19)22(25)23-17(2)11-12-18-13-15-20(26-4)16-14-18/h6-10,13-17,21H,5,11-12H2,1-4H3,(H,23,25). The Bertz CT molecular complexity index is 670. The first-order chi connectivity index (χ1) is 12.5. The van der Waals surface area contributed by atoms with Crippen LogP contribution >= 0.6 is 0 Å². The normalized spacial score (nSPS) is 13.3. The van der Waals surface area contributed by atoms with Gasteiger partial charge in [0.05, 0.1) is 7.11 Å². The van der Waals surface area contributed by atoms with Gasteiger partial charge in [-0.3, -0.25) is 9.69 Å². The van der Waals surface area contributed by atoms with Gasteiger partial charge >= 0.3 is 0 Å². The topological polar surface area (TPSA) is 41.6 Å². The summed E-state index contributed by atoms with van der Waals surface area (Å²) in [6, 6.07) is 17.9. The van der Waals surface area contributed by atoms with Crippen LogP contribution in [0.3, 0.4) is 0 Å². The molecule has 0 aliphatic rings. The molecule has 2 atom stereocenters. The first-order valence-corrected chi connectivity index (χ1v) is 9.23. The number of aryl methyl sites for hydroxylation is 1. The third-order valence-corrected chi connectivity index (χ3v) is 4.72. The second kappa shape index (κ2) is 9.97. The van der Waals surface area contributed by atoms with E-state index in [2.05, 4.69) is 36.2 Å². The van der Waals surface area contributed by atoms with Crippen LogP contribution in [0.25, 0.3) is 0 Å². The first-order valence-electron chi connectivity index (χ1n) is 9.23. The molecule has 0 aliphatic heterocycles. The number of hydrogen-bond acceptors (Lipinski definition) is 3. The van der Waals surface area contributed by atoms with E-state index in [1.54, 1.807) is 7.11 Å². The van der Waals surface area contributed by atoms with E-state index in [4.69, 9.17) is 4.74 Å². The van der Waals surface area contributed by atoms with E-state index in [0.717, 1.165) is 30.7 Å². The predicted molar refractivity (Wildman–Crippen MR) is 106 cm³/mol. The Hall–Kier alpha value is -2.33. The molecule has 0 spiro atoms. The lowest BCUT2D eigenvalue weighted by Crippen LogP contribution is -2.42. The highest BCUT2D eigenvalue weighted by Gasteiger charge is 2.25. The van der Waals surface area contributed by atoms with Gasteiger partial charge in [-0.05, 0) is 56.6 Å². The first kappa shape index (κ1) is 20.0. The zero-order chi connectivity index (χ0) is 18.9. The molecule has 0 heterocycles. The summed E-state index contributed by atoms with van der Waals surface area (Å²) in [7, 11) is 3.66. The molecule has 4 heteroatoms. The highest BCUT2D eigenvalue weighted by molar-refractivity contribution is 5.83. The molecule has 4 nitrogen and oxygen atoms in total. The predicted octanol–water partition coefficient (Wildman–Crippen LogP) is 3.83. The lowest BCUT2D eigenvalue weighted by Gasteiger charge is -2.28. The molecule has 1 N–H and O–H groups in total. The van der Waals surface area contributed by atoms with Crippen molar-refractivity contribution in [3.8, 4) is 5.75 Å².